The number of hydrogen-bond acceptors (Lipinski definition) is 4. The van der Waals surface area contributed by atoms with E-state index >= 15 is 0 Å². The van der Waals surface area contributed by atoms with E-state index < -0.39 is 14.6 Å². The van der Waals surface area contributed by atoms with Gasteiger partial charge >= 0.3 is 0 Å². The van der Waals surface area contributed by atoms with Crippen LogP contribution in [0.2, 0.25) is 0 Å². The fourth-order valence-corrected chi connectivity index (χ4v) is 5.23. The van der Waals surface area contributed by atoms with Gasteiger partial charge in [-0.1, -0.05) is 43.8 Å². The summed E-state index contributed by atoms with van der Waals surface area (Å²) in [6.45, 7) is 3.50. The van der Waals surface area contributed by atoms with Gasteiger partial charge in [-0.15, -0.1) is 0 Å². The Labute approximate surface area is 113 Å². The highest BCUT2D eigenvalue weighted by molar-refractivity contribution is 8.15. The summed E-state index contributed by atoms with van der Waals surface area (Å²) in [5, 5.41) is -0.281. The van der Waals surface area contributed by atoms with E-state index in [4.69, 9.17) is 0 Å². The first kappa shape index (κ1) is 15.2. The van der Waals surface area contributed by atoms with Crippen molar-refractivity contribution in [2.45, 2.75) is 36.3 Å². The molecule has 0 bridgehead atoms. The van der Waals surface area contributed by atoms with Crippen LogP contribution in [0.5, 0.6) is 0 Å². The molecule has 0 N–H and O–H groups in total. The Morgan fingerprint density at radius 3 is 2.06 bits per heavy atom. The minimum Gasteiger partial charge on any atom is -0.285 e. The first-order valence-corrected chi connectivity index (χ1v) is 8.55. The molecule has 1 aromatic rings. The normalized spacial score (nSPS) is 12.4. The molecule has 0 spiro atoms. The Bertz CT molecular complexity index is 502. The molecule has 0 aliphatic heterocycles. The van der Waals surface area contributed by atoms with Crippen LogP contribution in [0.4, 0.5) is 0 Å². The molecular weight excluding hydrogens is 268 g/mol. The third kappa shape index (κ3) is 2.34. The number of hydrogen-bond donors (Lipinski definition) is 0. The highest BCUT2D eigenvalue weighted by atomic mass is 32.2. The molecule has 0 aromatic heterocycles. The van der Waals surface area contributed by atoms with E-state index in [0.717, 1.165) is 11.8 Å². The largest absolute Gasteiger partial charge is 0.285 e. The molecule has 0 aliphatic rings. The van der Waals surface area contributed by atoms with Crippen molar-refractivity contribution in [1.29, 1.82) is 0 Å². The molecule has 0 amide bonds. The zero-order valence-electron chi connectivity index (χ0n) is 10.8. The van der Waals surface area contributed by atoms with Crippen LogP contribution in [-0.2, 0) is 14.6 Å². The first-order chi connectivity index (χ1) is 8.46. The van der Waals surface area contributed by atoms with E-state index in [1.807, 2.05) is 0 Å². The highest BCUT2D eigenvalue weighted by Gasteiger charge is 2.47. The zero-order chi connectivity index (χ0) is 13.8. The van der Waals surface area contributed by atoms with E-state index in [-0.39, 0.29) is 10.0 Å². The van der Waals surface area contributed by atoms with Gasteiger partial charge in [-0.2, -0.15) is 0 Å². The molecule has 1 rings (SSSR count). The van der Waals surface area contributed by atoms with Crippen molar-refractivity contribution in [3.63, 3.8) is 0 Å². The number of benzene rings is 1. The van der Waals surface area contributed by atoms with E-state index in [2.05, 4.69) is 0 Å². The van der Waals surface area contributed by atoms with Gasteiger partial charge in [0.25, 0.3) is 0 Å². The summed E-state index contributed by atoms with van der Waals surface area (Å²) in [5.74, 6) is 0. The van der Waals surface area contributed by atoms with Gasteiger partial charge in [0, 0.05) is 0 Å². The van der Waals surface area contributed by atoms with Crippen molar-refractivity contribution in [3.8, 4) is 0 Å². The lowest BCUT2D eigenvalue weighted by molar-refractivity contribution is -0.113. The van der Waals surface area contributed by atoms with Crippen LogP contribution in [0.3, 0.4) is 0 Å². The number of rotatable bonds is 5. The second-order valence-electron chi connectivity index (χ2n) is 4.01. The number of sulfone groups is 1. The Kier molecular flexibility index (Phi) is 4.99. The van der Waals surface area contributed by atoms with Gasteiger partial charge in [-0.05, 0) is 31.2 Å². The van der Waals surface area contributed by atoms with E-state index in [1.54, 1.807) is 50.4 Å². The highest BCUT2D eigenvalue weighted by Crippen LogP contribution is 2.35. The maximum absolute atomic E-state index is 12.7. The molecule has 0 aliphatic carbocycles. The molecule has 0 fully saturated rings. The summed E-state index contributed by atoms with van der Waals surface area (Å²) in [4.78, 5) is 12.3. The molecule has 1 aromatic carbocycles. The topological polar surface area (TPSA) is 51.2 Å². The summed E-state index contributed by atoms with van der Waals surface area (Å²) in [5.41, 5.74) is 0. The van der Waals surface area contributed by atoms with Crippen LogP contribution < -0.4 is 0 Å². The fraction of sp³-hybridized carbons (Fsp3) is 0.462. The lowest BCUT2D eigenvalue weighted by Crippen LogP contribution is -2.44. The van der Waals surface area contributed by atoms with Crippen molar-refractivity contribution in [3.05, 3.63) is 30.3 Å². The monoisotopic (exact) mass is 286 g/mol. The van der Waals surface area contributed by atoms with E-state index in [1.165, 1.54) is 0 Å². The van der Waals surface area contributed by atoms with Crippen molar-refractivity contribution < 1.29 is 13.2 Å². The van der Waals surface area contributed by atoms with Crippen molar-refractivity contribution >= 4 is 26.7 Å². The Morgan fingerprint density at radius 1 is 1.17 bits per heavy atom. The summed E-state index contributed by atoms with van der Waals surface area (Å²) in [6.07, 6.45) is 2.21. The van der Waals surface area contributed by atoms with Crippen molar-refractivity contribution in [1.82, 2.24) is 0 Å². The van der Waals surface area contributed by atoms with Gasteiger partial charge in [-0.3, -0.25) is 4.79 Å². The lowest BCUT2D eigenvalue weighted by atomic mass is 10.0. The van der Waals surface area contributed by atoms with Gasteiger partial charge in [-0.25, -0.2) is 8.42 Å². The SMILES string of the molecule is CCC(CC)(C(=O)SC)S(=O)(=O)c1ccccc1. The molecule has 3 nitrogen and oxygen atoms in total. The molecule has 0 saturated heterocycles. The molecular formula is C13H18O3S2. The molecule has 0 atom stereocenters. The molecule has 5 heteroatoms. The zero-order valence-corrected chi connectivity index (χ0v) is 12.5. The summed E-state index contributed by atoms with van der Waals surface area (Å²) >= 11 is 0.984. The number of carbonyl (C=O) groups is 1. The van der Waals surface area contributed by atoms with E-state index in [9.17, 15) is 13.2 Å². The Balaban J connectivity index is 3.43. The van der Waals surface area contributed by atoms with Gasteiger partial charge in [0.1, 0.15) is 4.75 Å². The van der Waals surface area contributed by atoms with Gasteiger partial charge in [0.15, 0.2) is 9.84 Å². The predicted octanol–water partition coefficient (Wildman–Crippen LogP) is 2.91. The third-order valence-electron chi connectivity index (χ3n) is 3.27. The van der Waals surface area contributed by atoms with E-state index in [0.29, 0.717) is 12.8 Å². The van der Waals surface area contributed by atoms with Crippen molar-refractivity contribution in [2.75, 3.05) is 6.26 Å². The summed E-state index contributed by atoms with van der Waals surface area (Å²) in [6, 6.07) is 8.19. The van der Waals surface area contributed by atoms with Gasteiger partial charge < -0.3 is 0 Å². The third-order valence-corrected chi connectivity index (χ3v) is 6.84. The van der Waals surface area contributed by atoms with Gasteiger partial charge in [0.2, 0.25) is 5.12 Å². The van der Waals surface area contributed by atoms with Crippen LogP contribution in [0.25, 0.3) is 0 Å². The Hall–Kier alpha value is -0.810. The maximum atomic E-state index is 12.7. The number of thioether (sulfide) groups is 1. The summed E-state index contributed by atoms with van der Waals surface area (Å²) in [7, 11) is -3.64. The molecule has 0 heterocycles. The average Bonchev–Trinajstić information content (AvgIpc) is 2.41. The Morgan fingerprint density at radius 2 is 1.67 bits per heavy atom. The predicted molar refractivity (Wildman–Crippen MR) is 75.5 cm³/mol. The van der Waals surface area contributed by atoms with Crippen LogP contribution in [0.15, 0.2) is 35.2 Å². The van der Waals surface area contributed by atoms with Crippen molar-refractivity contribution in [2.24, 2.45) is 0 Å². The second-order valence-corrected chi connectivity index (χ2v) is 7.05. The lowest BCUT2D eigenvalue weighted by Gasteiger charge is -2.28. The molecule has 0 unspecified atom stereocenters. The molecule has 18 heavy (non-hydrogen) atoms. The molecule has 0 radical (unpaired) electrons. The van der Waals surface area contributed by atoms with Crippen LogP contribution in [-0.4, -0.2) is 24.5 Å². The van der Waals surface area contributed by atoms with Crippen LogP contribution >= 0.6 is 11.8 Å². The second kappa shape index (κ2) is 5.89. The number of carbonyl (C=O) groups excluding carboxylic acids is 1. The summed E-state index contributed by atoms with van der Waals surface area (Å²) < 4.78 is 24.1. The standard InChI is InChI=1S/C13H18O3S2/c1-4-13(5-2,12(14)17-3)18(15,16)11-9-7-6-8-10-11/h6-10H,4-5H2,1-3H3. The molecule has 0 saturated carbocycles. The first-order valence-electron chi connectivity index (χ1n) is 5.84. The fourth-order valence-electron chi connectivity index (χ4n) is 2.04. The maximum Gasteiger partial charge on any atom is 0.210 e. The minimum absolute atomic E-state index is 0.219. The molecule has 100 valence electrons. The average molecular weight is 286 g/mol. The van der Waals surface area contributed by atoms with Crippen LogP contribution in [0.1, 0.15) is 26.7 Å². The van der Waals surface area contributed by atoms with Gasteiger partial charge in [0.05, 0.1) is 4.90 Å². The van der Waals surface area contributed by atoms with Crippen LogP contribution in [0, 0.1) is 0 Å². The smallest absolute Gasteiger partial charge is 0.210 e. The quantitative estimate of drug-likeness (QED) is 0.835. The minimum atomic E-state index is -3.64.